The molecular formula is C15H23FN2O. The van der Waals surface area contributed by atoms with Crippen LogP contribution in [0.2, 0.25) is 0 Å². The monoisotopic (exact) mass is 266 g/mol. The van der Waals surface area contributed by atoms with Gasteiger partial charge in [-0.2, -0.15) is 0 Å². The summed E-state index contributed by atoms with van der Waals surface area (Å²) in [6.07, 6.45) is 2.34. The van der Waals surface area contributed by atoms with Crippen molar-refractivity contribution in [3.63, 3.8) is 0 Å². The number of benzene rings is 1. The molecule has 1 aliphatic rings. The van der Waals surface area contributed by atoms with Gasteiger partial charge in [-0.3, -0.25) is 4.90 Å². The summed E-state index contributed by atoms with van der Waals surface area (Å²) < 4.78 is 18.7. The predicted molar refractivity (Wildman–Crippen MR) is 74.6 cm³/mol. The predicted octanol–water partition coefficient (Wildman–Crippen LogP) is 2.39. The van der Waals surface area contributed by atoms with Gasteiger partial charge in [-0.25, -0.2) is 4.39 Å². The lowest BCUT2D eigenvalue weighted by Crippen LogP contribution is -2.43. The Bertz CT molecular complexity index is 425. The van der Waals surface area contributed by atoms with Gasteiger partial charge >= 0.3 is 0 Å². The lowest BCUT2D eigenvalue weighted by Gasteiger charge is -2.37. The standard InChI is InChI=1S/C15H23FN2O/c1-11-3-4-12(8-17)9-18(11)10-13-7-14(16)5-6-15(13)19-2/h5-7,11-12H,3-4,8-10,17H2,1-2H3. The molecule has 2 unspecified atom stereocenters. The van der Waals surface area contributed by atoms with E-state index in [1.165, 1.54) is 12.5 Å². The number of piperidine rings is 1. The van der Waals surface area contributed by atoms with Crippen LogP contribution in [0.25, 0.3) is 0 Å². The molecule has 3 nitrogen and oxygen atoms in total. The quantitative estimate of drug-likeness (QED) is 0.909. The molecule has 2 atom stereocenters. The highest BCUT2D eigenvalue weighted by Gasteiger charge is 2.25. The van der Waals surface area contributed by atoms with E-state index in [1.807, 2.05) is 0 Å². The second-order valence-corrected chi connectivity index (χ2v) is 5.41. The Kier molecular flexibility index (Phi) is 4.77. The van der Waals surface area contributed by atoms with Crippen molar-refractivity contribution < 1.29 is 9.13 Å². The van der Waals surface area contributed by atoms with E-state index < -0.39 is 0 Å². The van der Waals surface area contributed by atoms with Gasteiger partial charge < -0.3 is 10.5 Å². The number of hydrogen-bond donors (Lipinski definition) is 1. The molecule has 0 saturated carbocycles. The van der Waals surface area contributed by atoms with Gasteiger partial charge in [0, 0.05) is 24.7 Å². The third-order valence-electron chi connectivity index (χ3n) is 4.06. The molecule has 1 aromatic carbocycles. The van der Waals surface area contributed by atoms with E-state index in [9.17, 15) is 4.39 Å². The molecule has 0 aromatic heterocycles. The maximum absolute atomic E-state index is 13.4. The number of methoxy groups -OCH3 is 1. The van der Waals surface area contributed by atoms with E-state index in [1.54, 1.807) is 19.2 Å². The van der Waals surface area contributed by atoms with Crippen molar-refractivity contribution in [2.75, 3.05) is 20.2 Å². The molecule has 1 saturated heterocycles. The molecule has 0 amide bonds. The maximum atomic E-state index is 13.4. The fourth-order valence-corrected chi connectivity index (χ4v) is 2.76. The third kappa shape index (κ3) is 3.45. The maximum Gasteiger partial charge on any atom is 0.123 e. The van der Waals surface area contributed by atoms with Crippen LogP contribution in [0.4, 0.5) is 4.39 Å². The van der Waals surface area contributed by atoms with Gasteiger partial charge in [0.25, 0.3) is 0 Å². The highest BCUT2D eigenvalue weighted by molar-refractivity contribution is 5.33. The zero-order chi connectivity index (χ0) is 13.8. The average Bonchev–Trinajstić information content (AvgIpc) is 2.41. The molecule has 0 radical (unpaired) electrons. The van der Waals surface area contributed by atoms with Crippen LogP contribution in [0, 0.1) is 11.7 Å². The molecule has 2 rings (SSSR count). The molecule has 0 bridgehead atoms. The summed E-state index contributed by atoms with van der Waals surface area (Å²) in [5, 5.41) is 0. The van der Waals surface area contributed by atoms with E-state index in [2.05, 4.69) is 11.8 Å². The SMILES string of the molecule is COc1ccc(F)cc1CN1CC(CN)CCC1C. The van der Waals surface area contributed by atoms with Gasteiger partial charge in [0.2, 0.25) is 0 Å². The molecule has 106 valence electrons. The molecule has 4 heteroatoms. The first-order valence-corrected chi connectivity index (χ1v) is 6.90. The molecule has 2 N–H and O–H groups in total. The second-order valence-electron chi connectivity index (χ2n) is 5.41. The van der Waals surface area contributed by atoms with Crippen LogP contribution in [0.3, 0.4) is 0 Å². The largest absolute Gasteiger partial charge is 0.496 e. The molecule has 0 spiro atoms. The average molecular weight is 266 g/mol. The van der Waals surface area contributed by atoms with Crippen LogP contribution < -0.4 is 10.5 Å². The summed E-state index contributed by atoms with van der Waals surface area (Å²) in [5.74, 6) is 1.09. The first-order chi connectivity index (χ1) is 9.13. The van der Waals surface area contributed by atoms with E-state index >= 15 is 0 Å². The Morgan fingerprint density at radius 2 is 2.21 bits per heavy atom. The van der Waals surface area contributed by atoms with Crippen LogP contribution in [-0.4, -0.2) is 31.1 Å². The summed E-state index contributed by atoms with van der Waals surface area (Å²) >= 11 is 0. The van der Waals surface area contributed by atoms with Crippen molar-refractivity contribution in [2.45, 2.75) is 32.4 Å². The minimum atomic E-state index is -0.212. The van der Waals surface area contributed by atoms with Gasteiger partial charge in [0.05, 0.1) is 7.11 Å². The Labute approximate surface area is 114 Å². The lowest BCUT2D eigenvalue weighted by atomic mass is 9.93. The van der Waals surface area contributed by atoms with Gasteiger partial charge in [-0.05, 0) is 50.4 Å². The van der Waals surface area contributed by atoms with Gasteiger partial charge in [-0.15, -0.1) is 0 Å². The summed E-state index contributed by atoms with van der Waals surface area (Å²) in [5.41, 5.74) is 6.68. The highest BCUT2D eigenvalue weighted by atomic mass is 19.1. The Balaban J connectivity index is 2.12. The molecule has 1 aliphatic heterocycles. The van der Waals surface area contributed by atoms with E-state index in [0.29, 0.717) is 12.0 Å². The number of halogens is 1. The first kappa shape index (κ1) is 14.3. The summed E-state index contributed by atoms with van der Waals surface area (Å²) in [4.78, 5) is 2.37. The smallest absolute Gasteiger partial charge is 0.123 e. The minimum Gasteiger partial charge on any atom is -0.496 e. The first-order valence-electron chi connectivity index (χ1n) is 6.90. The summed E-state index contributed by atoms with van der Waals surface area (Å²) in [6, 6.07) is 5.21. The van der Waals surface area contributed by atoms with Crippen molar-refractivity contribution in [1.82, 2.24) is 4.90 Å². The van der Waals surface area contributed by atoms with Crippen molar-refractivity contribution in [2.24, 2.45) is 11.7 Å². The van der Waals surface area contributed by atoms with Crippen molar-refractivity contribution in [3.8, 4) is 5.75 Å². The lowest BCUT2D eigenvalue weighted by molar-refractivity contribution is 0.112. The van der Waals surface area contributed by atoms with Crippen LogP contribution in [0.5, 0.6) is 5.75 Å². The number of nitrogens with two attached hydrogens (primary N) is 1. The number of nitrogens with zero attached hydrogens (tertiary/aromatic N) is 1. The summed E-state index contributed by atoms with van der Waals surface area (Å²) in [6.45, 7) is 4.65. The highest BCUT2D eigenvalue weighted by Crippen LogP contribution is 2.27. The van der Waals surface area contributed by atoms with Gasteiger partial charge in [-0.1, -0.05) is 0 Å². The second kappa shape index (κ2) is 6.35. The normalized spacial score (nSPS) is 24.4. The minimum absolute atomic E-state index is 0.212. The zero-order valence-corrected chi connectivity index (χ0v) is 11.7. The van der Waals surface area contributed by atoms with E-state index in [0.717, 1.165) is 37.4 Å². The number of ether oxygens (including phenoxy) is 1. The molecule has 0 aliphatic carbocycles. The fraction of sp³-hybridized carbons (Fsp3) is 0.600. The Morgan fingerprint density at radius 1 is 1.42 bits per heavy atom. The number of likely N-dealkylation sites (tertiary alicyclic amines) is 1. The molecule has 19 heavy (non-hydrogen) atoms. The molecule has 1 fully saturated rings. The van der Waals surface area contributed by atoms with E-state index in [4.69, 9.17) is 10.5 Å². The van der Waals surface area contributed by atoms with Crippen LogP contribution in [-0.2, 0) is 6.54 Å². The zero-order valence-electron chi connectivity index (χ0n) is 11.7. The molecular weight excluding hydrogens is 243 g/mol. The van der Waals surface area contributed by atoms with Crippen LogP contribution in [0.15, 0.2) is 18.2 Å². The topological polar surface area (TPSA) is 38.5 Å². The Morgan fingerprint density at radius 3 is 2.89 bits per heavy atom. The van der Waals surface area contributed by atoms with Crippen molar-refractivity contribution >= 4 is 0 Å². The summed E-state index contributed by atoms with van der Waals surface area (Å²) in [7, 11) is 1.62. The van der Waals surface area contributed by atoms with Gasteiger partial charge in [0.15, 0.2) is 0 Å². The van der Waals surface area contributed by atoms with Crippen LogP contribution >= 0.6 is 0 Å². The Hall–Kier alpha value is -1.13. The van der Waals surface area contributed by atoms with E-state index in [-0.39, 0.29) is 5.82 Å². The van der Waals surface area contributed by atoms with Crippen LogP contribution in [0.1, 0.15) is 25.3 Å². The molecule has 1 aromatic rings. The van der Waals surface area contributed by atoms with Crippen molar-refractivity contribution in [1.29, 1.82) is 0 Å². The number of rotatable bonds is 4. The number of hydrogen-bond acceptors (Lipinski definition) is 3. The third-order valence-corrected chi connectivity index (χ3v) is 4.06. The van der Waals surface area contributed by atoms with Crippen molar-refractivity contribution in [3.05, 3.63) is 29.6 Å². The van der Waals surface area contributed by atoms with Gasteiger partial charge in [0.1, 0.15) is 11.6 Å². The molecule has 1 heterocycles. The fourth-order valence-electron chi connectivity index (χ4n) is 2.76.